The minimum Gasteiger partial charge on any atom is -0.316 e. The summed E-state index contributed by atoms with van der Waals surface area (Å²) in [5.41, 5.74) is 0.868. The maximum Gasteiger partial charge on any atom is 0.261 e. The Balaban J connectivity index is 1.82. The van der Waals surface area contributed by atoms with Gasteiger partial charge in [-0.2, -0.15) is 0 Å². The fourth-order valence-electron chi connectivity index (χ4n) is 2.60. The lowest BCUT2D eigenvalue weighted by molar-refractivity contribution is -0.124. The maximum absolute atomic E-state index is 12.2. The standard InChI is InChI=1S/C14H14N2O3/c17-12-5-6-15-7-9(12)8-16-13(18)10-3-1-2-4-11(10)14(16)19/h1-4,9,15H,5-8H2. The van der Waals surface area contributed by atoms with Crippen LogP contribution in [0.2, 0.25) is 0 Å². The predicted octanol–water partition coefficient (Wildman–Crippen LogP) is 0.461. The molecule has 3 rings (SSSR count). The van der Waals surface area contributed by atoms with E-state index in [4.69, 9.17) is 0 Å². The maximum atomic E-state index is 12.2. The zero-order valence-corrected chi connectivity index (χ0v) is 10.4. The van der Waals surface area contributed by atoms with Gasteiger partial charge in [0.1, 0.15) is 5.78 Å². The Morgan fingerprint density at radius 1 is 1.11 bits per heavy atom. The van der Waals surface area contributed by atoms with Gasteiger partial charge in [-0.1, -0.05) is 12.1 Å². The first-order chi connectivity index (χ1) is 9.18. The molecule has 1 saturated heterocycles. The van der Waals surface area contributed by atoms with E-state index in [1.54, 1.807) is 24.3 Å². The number of piperidine rings is 1. The van der Waals surface area contributed by atoms with Crippen molar-refractivity contribution in [2.45, 2.75) is 6.42 Å². The van der Waals surface area contributed by atoms with Gasteiger partial charge in [0.25, 0.3) is 11.8 Å². The lowest BCUT2D eigenvalue weighted by Gasteiger charge is -2.25. The van der Waals surface area contributed by atoms with E-state index in [1.165, 1.54) is 4.90 Å². The van der Waals surface area contributed by atoms with Gasteiger partial charge in [0.05, 0.1) is 11.1 Å². The van der Waals surface area contributed by atoms with Crippen molar-refractivity contribution in [3.63, 3.8) is 0 Å². The Morgan fingerprint density at radius 2 is 1.74 bits per heavy atom. The quantitative estimate of drug-likeness (QED) is 0.783. The molecule has 0 aliphatic carbocycles. The molecule has 2 aliphatic rings. The Labute approximate surface area is 110 Å². The Bertz CT molecular complexity index is 533. The molecule has 0 saturated carbocycles. The number of nitrogens with zero attached hydrogens (tertiary/aromatic N) is 1. The topological polar surface area (TPSA) is 66.5 Å². The van der Waals surface area contributed by atoms with E-state index in [1.807, 2.05) is 0 Å². The molecule has 1 unspecified atom stereocenters. The summed E-state index contributed by atoms with van der Waals surface area (Å²) in [6.45, 7) is 1.39. The molecule has 1 aromatic rings. The SMILES string of the molecule is O=C1CCNCC1CN1C(=O)c2ccccc2C1=O. The molecule has 1 N–H and O–H groups in total. The average molecular weight is 258 g/mol. The number of carbonyl (C=O) groups is 3. The number of carbonyl (C=O) groups excluding carboxylic acids is 3. The monoisotopic (exact) mass is 258 g/mol. The Morgan fingerprint density at radius 3 is 2.32 bits per heavy atom. The average Bonchev–Trinajstić information content (AvgIpc) is 2.67. The molecule has 2 heterocycles. The van der Waals surface area contributed by atoms with Gasteiger partial charge in [-0.3, -0.25) is 19.3 Å². The summed E-state index contributed by atoms with van der Waals surface area (Å²) in [6, 6.07) is 6.77. The van der Waals surface area contributed by atoms with Crippen LogP contribution in [0.5, 0.6) is 0 Å². The third-order valence-electron chi connectivity index (χ3n) is 3.68. The molecule has 5 nitrogen and oxygen atoms in total. The molecule has 0 radical (unpaired) electrons. The van der Waals surface area contributed by atoms with E-state index in [0.29, 0.717) is 30.6 Å². The fourth-order valence-corrected chi connectivity index (χ4v) is 2.60. The number of amides is 2. The largest absolute Gasteiger partial charge is 0.316 e. The van der Waals surface area contributed by atoms with Gasteiger partial charge < -0.3 is 5.32 Å². The number of fused-ring (bicyclic) bond motifs is 1. The van der Waals surface area contributed by atoms with Crippen molar-refractivity contribution in [3.05, 3.63) is 35.4 Å². The normalized spacial score (nSPS) is 22.8. The fraction of sp³-hybridized carbons (Fsp3) is 0.357. The molecule has 1 aromatic carbocycles. The van der Waals surface area contributed by atoms with Gasteiger partial charge in [0, 0.05) is 32.0 Å². The van der Waals surface area contributed by atoms with Crippen LogP contribution in [0.3, 0.4) is 0 Å². The van der Waals surface area contributed by atoms with Crippen molar-refractivity contribution in [1.82, 2.24) is 10.2 Å². The predicted molar refractivity (Wildman–Crippen MR) is 67.8 cm³/mol. The van der Waals surface area contributed by atoms with E-state index in [-0.39, 0.29) is 30.1 Å². The van der Waals surface area contributed by atoms with Crippen LogP contribution in [0.15, 0.2) is 24.3 Å². The molecule has 1 atom stereocenters. The van der Waals surface area contributed by atoms with Crippen LogP contribution < -0.4 is 5.32 Å². The molecule has 0 bridgehead atoms. The summed E-state index contributed by atoms with van der Waals surface area (Å²) in [4.78, 5) is 37.3. The minimum absolute atomic E-state index is 0.121. The highest BCUT2D eigenvalue weighted by Crippen LogP contribution is 2.23. The first-order valence-electron chi connectivity index (χ1n) is 6.37. The van der Waals surface area contributed by atoms with Crippen LogP contribution in [-0.2, 0) is 4.79 Å². The van der Waals surface area contributed by atoms with Crippen molar-refractivity contribution in [2.24, 2.45) is 5.92 Å². The molecule has 5 heteroatoms. The zero-order valence-electron chi connectivity index (χ0n) is 10.4. The summed E-state index contributed by atoms with van der Waals surface area (Å²) in [5.74, 6) is -0.746. The van der Waals surface area contributed by atoms with Crippen molar-refractivity contribution in [3.8, 4) is 0 Å². The second-order valence-corrected chi connectivity index (χ2v) is 4.88. The van der Waals surface area contributed by atoms with E-state index in [0.717, 1.165) is 0 Å². The summed E-state index contributed by atoms with van der Waals surface area (Å²) >= 11 is 0. The van der Waals surface area contributed by atoms with Crippen molar-refractivity contribution in [2.75, 3.05) is 19.6 Å². The summed E-state index contributed by atoms with van der Waals surface area (Å²) in [5, 5.41) is 3.12. The number of hydrogen-bond acceptors (Lipinski definition) is 4. The molecule has 19 heavy (non-hydrogen) atoms. The molecule has 0 spiro atoms. The van der Waals surface area contributed by atoms with Gasteiger partial charge in [-0.05, 0) is 12.1 Å². The minimum atomic E-state index is -0.293. The number of hydrogen-bond donors (Lipinski definition) is 1. The van der Waals surface area contributed by atoms with Crippen LogP contribution in [0.4, 0.5) is 0 Å². The van der Waals surface area contributed by atoms with Gasteiger partial charge >= 0.3 is 0 Å². The van der Waals surface area contributed by atoms with Crippen LogP contribution in [0.1, 0.15) is 27.1 Å². The number of nitrogens with one attached hydrogen (secondary N) is 1. The van der Waals surface area contributed by atoms with Crippen molar-refractivity contribution in [1.29, 1.82) is 0 Å². The van der Waals surface area contributed by atoms with Crippen LogP contribution in [-0.4, -0.2) is 42.1 Å². The molecule has 2 amide bonds. The summed E-state index contributed by atoms with van der Waals surface area (Å²) < 4.78 is 0. The third-order valence-corrected chi connectivity index (χ3v) is 3.68. The third kappa shape index (κ3) is 1.96. The molecule has 1 fully saturated rings. The number of ketones is 1. The number of Topliss-reactive ketones (excluding diaryl/α,β-unsaturated/α-hetero) is 1. The Hall–Kier alpha value is -2.01. The lowest BCUT2D eigenvalue weighted by Crippen LogP contribution is -2.45. The second-order valence-electron chi connectivity index (χ2n) is 4.88. The van der Waals surface area contributed by atoms with Crippen LogP contribution in [0, 0.1) is 5.92 Å². The molecule has 2 aliphatic heterocycles. The number of rotatable bonds is 2. The molecule has 0 aromatic heterocycles. The molecular formula is C14H14N2O3. The van der Waals surface area contributed by atoms with Crippen molar-refractivity contribution < 1.29 is 14.4 Å². The first-order valence-corrected chi connectivity index (χ1v) is 6.37. The first kappa shape index (κ1) is 12.0. The van der Waals surface area contributed by atoms with Gasteiger partial charge in [0.15, 0.2) is 0 Å². The van der Waals surface area contributed by atoms with E-state index in [9.17, 15) is 14.4 Å². The molecular weight excluding hydrogens is 244 g/mol. The van der Waals surface area contributed by atoms with Gasteiger partial charge in [-0.15, -0.1) is 0 Å². The smallest absolute Gasteiger partial charge is 0.261 e. The highest BCUT2D eigenvalue weighted by atomic mass is 16.2. The van der Waals surface area contributed by atoms with Gasteiger partial charge in [0.2, 0.25) is 0 Å². The number of benzene rings is 1. The van der Waals surface area contributed by atoms with E-state index < -0.39 is 0 Å². The summed E-state index contributed by atoms with van der Waals surface area (Å²) in [6.07, 6.45) is 0.466. The van der Waals surface area contributed by atoms with E-state index in [2.05, 4.69) is 5.32 Å². The van der Waals surface area contributed by atoms with Gasteiger partial charge in [-0.25, -0.2) is 0 Å². The highest BCUT2D eigenvalue weighted by Gasteiger charge is 2.37. The highest BCUT2D eigenvalue weighted by molar-refractivity contribution is 6.21. The Kier molecular flexibility index (Phi) is 2.91. The zero-order chi connectivity index (χ0) is 13.4. The van der Waals surface area contributed by atoms with Crippen molar-refractivity contribution >= 4 is 17.6 Å². The van der Waals surface area contributed by atoms with E-state index >= 15 is 0 Å². The van der Waals surface area contributed by atoms with Crippen LogP contribution in [0.25, 0.3) is 0 Å². The number of imide groups is 1. The molecule has 98 valence electrons. The van der Waals surface area contributed by atoms with Crippen LogP contribution >= 0.6 is 0 Å². The summed E-state index contributed by atoms with van der Waals surface area (Å²) in [7, 11) is 0. The second kappa shape index (κ2) is 4.59. The lowest BCUT2D eigenvalue weighted by atomic mass is 9.97.